The molecule has 20 heavy (non-hydrogen) atoms. The van der Waals surface area contributed by atoms with E-state index in [0.717, 1.165) is 15.8 Å². The van der Waals surface area contributed by atoms with Gasteiger partial charge >= 0.3 is 0 Å². The summed E-state index contributed by atoms with van der Waals surface area (Å²) in [6.07, 6.45) is 1.60. The monoisotopic (exact) mass is 286 g/mol. The number of thiazole rings is 1. The second kappa shape index (κ2) is 4.72. The van der Waals surface area contributed by atoms with Crippen molar-refractivity contribution in [3.05, 3.63) is 41.2 Å². The van der Waals surface area contributed by atoms with E-state index >= 15 is 0 Å². The van der Waals surface area contributed by atoms with E-state index in [1.165, 1.54) is 21.6 Å². The van der Waals surface area contributed by atoms with Gasteiger partial charge in [-0.2, -0.15) is 5.10 Å². The number of carbonyl (C=O) groups excluding carboxylic acids is 1. The Bertz CT molecular complexity index is 803. The Morgan fingerprint density at radius 3 is 2.85 bits per heavy atom. The number of fused-ring (bicyclic) bond motifs is 1. The maximum Gasteiger partial charge on any atom is 0.275 e. The lowest BCUT2D eigenvalue weighted by Gasteiger charge is -2.00. The molecular formula is C14H14N4OS. The Hall–Kier alpha value is -2.21. The standard InChI is InChI=1S/C14H14N4OS/c1-8-6-9(2)12-11(7-8)20-14(16-12)17-13(19)10-4-5-15-18(10)3/h4-7H,1-3H3,(H,16,17,19). The highest BCUT2D eigenvalue weighted by Gasteiger charge is 2.13. The Morgan fingerprint density at radius 2 is 2.15 bits per heavy atom. The lowest BCUT2D eigenvalue weighted by atomic mass is 10.1. The van der Waals surface area contributed by atoms with E-state index in [1.54, 1.807) is 19.3 Å². The predicted octanol–water partition coefficient (Wildman–Crippen LogP) is 2.90. The van der Waals surface area contributed by atoms with E-state index in [0.29, 0.717) is 10.8 Å². The summed E-state index contributed by atoms with van der Waals surface area (Å²) in [4.78, 5) is 16.6. The van der Waals surface area contributed by atoms with Crippen molar-refractivity contribution in [2.45, 2.75) is 13.8 Å². The number of nitrogens with one attached hydrogen (secondary N) is 1. The maximum atomic E-state index is 12.1. The number of aryl methyl sites for hydroxylation is 3. The largest absolute Gasteiger partial charge is 0.296 e. The molecule has 0 fully saturated rings. The normalized spacial score (nSPS) is 10.9. The van der Waals surface area contributed by atoms with Crippen LogP contribution in [0.25, 0.3) is 10.2 Å². The molecule has 2 heterocycles. The molecule has 0 spiro atoms. The minimum atomic E-state index is -0.196. The summed E-state index contributed by atoms with van der Waals surface area (Å²) in [5.74, 6) is -0.196. The average Bonchev–Trinajstić information content (AvgIpc) is 2.95. The molecule has 1 N–H and O–H groups in total. The molecule has 0 aliphatic carbocycles. The van der Waals surface area contributed by atoms with Crippen LogP contribution in [0.3, 0.4) is 0 Å². The number of amides is 1. The number of benzene rings is 1. The topological polar surface area (TPSA) is 59.8 Å². The van der Waals surface area contributed by atoms with E-state index in [1.807, 2.05) is 6.92 Å². The fourth-order valence-corrected chi connectivity index (χ4v) is 3.22. The minimum Gasteiger partial charge on any atom is -0.296 e. The van der Waals surface area contributed by atoms with Gasteiger partial charge in [-0.25, -0.2) is 4.98 Å². The second-order valence-corrected chi connectivity index (χ2v) is 5.77. The molecule has 5 nitrogen and oxygen atoms in total. The van der Waals surface area contributed by atoms with Crippen LogP contribution in [0.4, 0.5) is 5.13 Å². The van der Waals surface area contributed by atoms with Gasteiger partial charge in [0.2, 0.25) is 0 Å². The summed E-state index contributed by atoms with van der Waals surface area (Å²) in [5, 5.41) is 7.43. The lowest BCUT2D eigenvalue weighted by molar-refractivity contribution is 0.101. The third-order valence-corrected chi connectivity index (χ3v) is 4.02. The molecule has 102 valence electrons. The van der Waals surface area contributed by atoms with Gasteiger partial charge in [0.1, 0.15) is 5.69 Å². The molecule has 0 saturated carbocycles. The number of aromatic nitrogens is 3. The van der Waals surface area contributed by atoms with Gasteiger partial charge in [0.25, 0.3) is 5.91 Å². The summed E-state index contributed by atoms with van der Waals surface area (Å²) >= 11 is 1.48. The highest BCUT2D eigenvalue weighted by atomic mass is 32.1. The summed E-state index contributed by atoms with van der Waals surface area (Å²) in [6.45, 7) is 4.09. The lowest BCUT2D eigenvalue weighted by Crippen LogP contribution is -2.15. The first-order valence-corrected chi connectivity index (χ1v) is 7.03. The summed E-state index contributed by atoms with van der Waals surface area (Å²) in [6, 6.07) is 5.85. The Labute approximate surface area is 120 Å². The minimum absolute atomic E-state index is 0.196. The summed E-state index contributed by atoms with van der Waals surface area (Å²) in [5.41, 5.74) is 3.78. The van der Waals surface area contributed by atoms with Crippen molar-refractivity contribution >= 4 is 32.6 Å². The van der Waals surface area contributed by atoms with Crippen LogP contribution in [0.5, 0.6) is 0 Å². The van der Waals surface area contributed by atoms with Crippen LogP contribution in [0, 0.1) is 13.8 Å². The second-order valence-electron chi connectivity index (χ2n) is 4.74. The first-order valence-electron chi connectivity index (χ1n) is 6.22. The van der Waals surface area contributed by atoms with Crippen LogP contribution in [-0.2, 0) is 7.05 Å². The van der Waals surface area contributed by atoms with Gasteiger partial charge in [-0.1, -0.05) is 17.4 Å². The zero-order valence-corrected chi connectivity index (χ0v) is 12.3. The predicted molar refractivity (Wildman–Crippen MR) is 80.3 cm³/mol. The van der Waals surface area contributed by atoms with E-state index in [4.69, 9.17) is 0 Å². The van der Waals surface area contributed by atoms with Gasteiger partial charge in [0.15, 0.2) is 5.13 Å². The molecule has 1 amide bonds. The van der Waals surface area contributed by atoms with Crippen LogP contribution in [-0.4, -0.2) is 20.7 Å². The van der Waals surface area contributed by atoms with Crippen molar-refractivity contribution in [2.24, 2.45) is 7.05 Å². The molecule has 0 radical (unpaired) electrons. The van der Waals surface area contributed by atoms with Crippen molar-refractivity contribution in [1.82, 2.24) is 14.8 Å². The first kappa shape index (κ1) is 12.8. The third kappa shape index (κ3) is 2.18. The number of rotatable bonds is 2. The van der Waals surface area contributed by atoms with E-state index in [2.05, 4.69) is 34.5 Å². The molecule has 0 bridgehead atoms. The SMILES string of the molecule is Cc1cc(C)c2nc(NC(=O)c3ccnn3C)sc2c1. The number of hydrogen-bond acceptors (Lipinski definition) is 4. The molecule has 3 rings (SSSR count). The highest BCUT2D eigenvalue weighted by Crippen LogP contribution is 2.29. The number of anilines is 1. The van der Waals surface area contributed by atoms with Gasteiger partial charge < -0.3 is 0 Å². The molecule has 2 aromatic heterocycles. The summed E-state index contributed by atoms with van der Waals surface area (Å²) in [7, 11) is 1.74. The molecule has 1 aromatic carbocycles. The van der Waals surface area contributed by atoms with E-state index in [-0.39, 0.29) is 5.91 Å². The van der Waals surface area contributed by atoms with Crippen molar-refractivity contribution in [3.63, 3.8) is 0 Å². The molecule has 0 atom stereocenters. The summed E-state index contributed by atoms with van der Waals surface area (Å²) < 4.78 is 2.63. The quantitative estimate of drug-likeness (QED) is 0.788. The fraction of sp³-hybridized carbons (Fsp3) is 0.214. The van der Waals surface area contributed by atoms with Crippen LogP contribution >= 0.6 is 11.3 Å². The van der Waals surface area contributed by atoms with Gasteiger partial charge in [0, 0.05) is 13.2 Å². The molecular weight excluding hydrogens is 272 g/mol. The van der Waals surface area contributed by atoms with Gasteiger partial charge in [0.05, 0.1) is 10.2 Å². The molecule has 0 aliphatic heterocycles. The molecule has 6 heteroatoms. The van der Waals surface area contributed by atoms with Gasteiger partial charge in [-0.15, -0.1) is 0 Å². The van der Waals surface area contributed by atoms with Crippen LogP contribution in [0.1, 0.15) is 21.6 Å². The van der Waals surface area contributed by atoms with Crippen molar-refractivity contribution in [3.8, 4) is 0 Å². The van der Waals surface area contributed by atoms with E-state index < -0.39 is 0 Å². The van der Waals surface area contributed by atoms with E-state index in [9.17, 15) is 4.79 Å². The third-order valence-electron chi connectivity index (χ3n) is 3.10. The first-order chi connectivity index (χ1) is 9.54. The smallest absolute Gasteiger partial charge is 0.275 e. The Morgan fingerprint density at radius 1 is 1.35 bits per heavy atom. The van der Waals surface area contributed by atoms with Gasteiger partial charge in [-0.05, 0) is 37.1 Å². The number of carbonyl (C=O) groups is 1. The fourth-order valence-electron chi connectivity index (χ4n) is 2.18. The molecule has 0 saturated heterocycles. The van der Waals surface area contributed by atoms with Crippen LogP contribution < -0.4 is 5.32 Å². The molecule has 0 unspecified atom stereocenters. The van der Waals surface area contributed by atoms with Gasteiger partial charge in [-0.3, -0.25) is 14.8 Å². The maximum absolute atomic E-state index is 12.1. The van der Waals surface area contributed by atoms with Crippen molar-refractivity contribution in [1.29, 1.82) is 0 Å². The number of hydrogen-bond donors (Lipinski definition) is 1. The van der Waals surface area contributed by atoms with Crippen molar-refractivity contribution < 1.29 is 4.79 Å². The van der Waals surface area contributed by atoms with Crippen LogP contribution in [0.15, 0.2) is 24.4 Å². The number of nitrogens with zero attached hydrogens (tertiary/aromatic N) is 3. The average molecular weight is 286 g/mol. The Kier molecular flexibility index (Phi) is 3.02. The van der Waals surface area contributed by atoms with Crippen LogP contribution in [0.2, 0.25) is 0 Å². The molecule has 0 aliphatic rings. The Balaban J connectivity index is 1.94. The zero-order valence-electron chi connectivity index (χ0n) is 11.5. The molecule has 3 aromatic rings. The zero-order chi connectivity index (χ0) is 14.3. The van der Waals surface area contributed by atoms with Crippen molar-refractivity contribution in [2.75, 3.05) is 5.32 Å². The highest BCUT2D eigenvalue weighted by molar-refractivity contribution is 7.22.